The molecule has 5 nitrogen and oxygen atoms in total. The van der Waals surface area contributed by atoms with E-state index < -0.39 is 5.60 Å². The van der Waals surface area contributed by atoms with Crippen LogP contribution < -0.4 is 0 Å². The number of ether oxygens (including phenoxy) is 2. The van der Waals surface area contributed by atoms with E-state index in [1.54, 1.807) is 4.90 Å². The minimum Gasteiger partial charge on any atom is -0.461 e. The summed E-state index contributed by atoms with van der Waals surface area (Å²) in [6.45, 7) is 7.02. The van der Waals surface area contributed by atoms with Crippen molar-refractivity contribution in [3.05, 3.63) is 35.9 Å². The van der Waals surface area contributed by atoms with Crippen LogP contribution in [0, 0.1) is 5.92 Å². The van der Waals surface area contributed by atoms with Crippen molar-refractivity contribution in [3.8, 4) is 0 Å². The maximum atomic E-state index is 12.0. The van der Waals surface area contributed by atoms with Gasteiger partial charge in [0, 0.05) is 13.1 Å². The van der Waals surface area contributed by atoms with Crippen LogP contribution in [0.3, 0.4) is 0 Å². The lowest BCUT2D eigenvalue weighted by atomic mass is 10.1. The second kappa shape index (κ2) is 7.49. The molecule has 126 valence electrons. The zero-order chi connectivity index (χ0) is 16.9. The summed E-state index contributed by atoms with van der Waals surface area (Å²) in [4.78, 5) is 25.6. The first-order chi connectivity index (χ1) is 10.8. The van der Waals surface area contributed by atoms with Crippen LogP contribution in [0.25, 0.3) is 0 Å². The molecule has 1 heterocycles. The number of rotatable bonds is 4. The number of amides is 1. The normalized spacial score (nSPS) is 17.9. The number of hydrogen-bond acceptors (Lipinski definition) is 4. The Balaban J connectivity index is 1.72. The molecule has 0 spiro atoms. The summed E-state index contributed by atoms with van der Waals surface area (Å²) >= 11 is 0. The average Bonchev–Trinajstić information content (AvgIpc) is 2.93. The van der Waals surface area contributed by atoms with Gasteiger partial charge in [-0.15, -0.1) is 0 Å². The minimum absolute atomic E-state index is 0.144. The molecule has 0 unspecified atom stereocenters. The number of carbonyl (C=O) groups is 2. The third-order valence-electron chi connectivity index (χ3n) is 3.64. The maximum Gasteiger partial charge on any atom is 0.410 e. The van der Waals surface area contributed by atoms with E-state index in [1.807, 2.05) is 51.1 Å². The molecular formula is C18H25NO4. The maximum absolute atomic E-state index is 12.0. The number of likely N-dealkylation sites (tertiary alicyclic amines) is 1. The molecule has 1 saturated heterocycles. The molecule has 0 radical (unpaired) electrons. The van der Waals surface area contributed by atoms with Crippen LogP contribution in [-0.2, 0) is 20.9 Å². The van der Waals surface area contributed by atoms with Crippen LogP contribution in [0.2, 0.25) is 0 Å². The molecule has 1 atom stereocenters. The summed E-state index contributed by atoms with van der Waals surface area (Å²) in [6, 6.07) is 9.60. The van der Waals surface area contributed by atoms with Crippen molar-refractivity contribution in [3.63, 3.8) is 0 Å². The van der Waals surface area contributed by atoms with Gasteiger partial charge in [-0.05, 0) is 38.7 Å². The number of nitrogens with zero attached hydrogens (tertiary/aromatic N) is 1. The van der Waals surface area contributed by atoms with Crippen molar-refractivity contribution in [2.24, 2.45) is 5.92 Å². The minimum atomic E-state index is -0.496. The zero-order valence-corrected chi connectivity index (χ0v) is 14.1. The van der Waals surface area contributed by atoms with Gasteiger partial charge in [-0.3, -0.25) is 4.79 Å². The SMILES string of the molecule is CC(C)(C)OC(=O)N1CC[C@H](CC(=O)OCc2ccccc2)C1. The first-order valence-corrected chi connectivity index (χ1v) is 8.01. The first kappa shape index (κ1) is 17.3. The molecule has 0 N–H and O–H groups in total. The lowest BCUT2D eigenvalue weighted by Crippen LogP contribution is -2.35. The summed E-state index contributed by atoms with van der Waals surface area (Å²) in [7, 11) is 0. The Labute approximate surface area is 137 Å². The van der Waals surface area contributed by atoms with Gasteiger partial charge in [0.15, 0.2) is 0 Å². The van der Waals surface area contributed by atoms with Crippen LogP contribution in [0.4, 0.5) is 4.79 Å². The van der Waals surface area contributed by atoms with E-state index in [1.165, 1.54) is 0 Å². The fourth-order valence-corrected chi connectivity index (χ4v) is 2.52. The standard InChI is InChI=1S/C18H25NO4/c1-18(2,3)23-17(21)19-10-9-15(12-19)11-16(20)22-13-14-7-5-4-6-8-14/h4-8,15H,9-13H2,1-3H3/t15-/m1/s1. The van der Waals surface area contributed by atoms with Crippen LogP contribution in [-0.4, -0.2) is 35.7 Å². The summed E-state index contributed by atoms with van der Waals surface area (Å²) in [6.07, 6.45) is 0.837. The highest BCUT2D eigenvalue weighted by Crippen LogP contribution is 2.22. The molecule has 1 aromatic carbocycles. The Kier molecular flexibility index (Phi) is 5.64. The van der Waals surface area contributed by atoms with Crippen LogP contribution >= 0.6 is 0 Å². The Morgan fingerprint density at radius 1 is 1.22 bits per heavy atom. The van der Waals surface area contributed by atoms with Gasteiger partial charge in [-0.2, -0.15) is 0 Å². The van der Waals surface area contributed by atoms with Gasteiger partial charge < -0.3 is 14.4 Å². The lowest BCUT2D eigenvalue weighted by Gasteiger charge is -2.24. The third kappa shape index (κ3) is 5.93. The van der Waals surface area contributed by atoms with Crippen molar-refractivity contribution in [2.75, 3.05) is 13.1 Å². The molecule has 0 aliphatic carbocycles. The molecule has 1 fully saturated rings. The molecule has 0 aromatic heterocycles. The molecule has 2 rings (SSSR count). The second-order valence-corrected chi connectivity index (χ2v) is 6.93. The van der Waals surface area contributed by atoms with Gasteiger partial charge in [0.2, 0.25) is 0 Å². The summed E-state index contributed by atoms with van der Waals surface area (Å²) in [5, 5.41) is 0. The number of carbonyl (C=O) groups excluding carboxylic acids is 2. The highest BCUT2D eigenvalue weighted by Gasteiger charge is 2.31. The van der Waals surface area contributed by atoms with E-state index in [0.29, 0.717) is 26.1 Å². The van der Waals surface area contributed by atoms with E-state index in [9.17, 15) is 9.59 Å². The molecule has 0 saturated carbocycles. The Morgan fingerprint density at radius 3 is 2.57 bits per heavy atom. The van der Waals surface area contributed by atoms with Crippen LogP contribution in [0.5, 0.6) is 0 Å². The molecule has 0 bridgehead atoms. The Bertz CT molecular complexity index is 536. The average molecular weight is 319 g/mol. The highest BCUT2D eigenvalue weighted by molar-refractivity contribution is 5.71. The number of benzene rings is 1. The van der Waals surface area contributed by atoms with Gasteiger partial charge >= 0.3 is 12.1 Å². The molecular weight excluding hydrogens is 294 g/mol. The van der Waals surface area contributed by atoms with E-state index in [2.05, 4.69) is 0 Å². The van der Waals surface area contributed by atoms with Crippen molar-refractivity contribution in [2.45, 2.75) is 45.8 Å². The molecule has 5 heteroatoms. The van der Waals surface area contributed by atoms with Crippen molar-refractivity contribution < 1.29 is 19.1 Å². The lowest BCUT2D eigenvalue weighted by molar-refractivity contribution is -0.146. The van der Waals surface area contributed by atoms with Crippen molar-refractivity contribution >= 4 is 12.1 Å². The first-order valence-electron chi connectivity index (χ1n) is 8.01. The highest BCUT2D eigenvalue weighted by atomic mass is 16.6. The summed E-state index contributed by atoms with van der Waals surface area (Å²) in [5.74, 6) is -0.0734. The summed E-state index contributed by atoms with van der Waals surface area (Å²) in [5.41, 5.74) is 0.478. The van der Waals surface area contributed by atoms with Gasteiger partial charge in [0.05, 0.1) is 6.42 Å². The topological polar surface area (TPSA) is 55.8 Å². The Morgan fingerprint density at radius 2 is 1.91 bits per heavy atom. The molecule has 1 aromatic rings. The zero-order valence-electron chi connectivity index (χ0n) is 14.1. The van der Waals surface area contributed by atoms with E-state index in [4.69, 9.17) is 9.47 Å². The number of hydrogen-bond donors (Lipinski definition) is 0. The van der Waals surface area contributed by atoms with E-state index in [0.717, 1.165) is 12.0 Å². The monoisotopic (exact) mass is 319 g/mol. The van der Waals surface area contributed by atoms with Crippen molar-refractivity contribution in [1.29, 1.82) is 0 Å². The smallest absolute Gasteiger partial charge is 0.410 e. The van der Waals surface area contributed by atoms with Crippen LogP contribution in [0.1, 0.15) is 39.2 Å². The van der Waals surface area contributed by atoms with Crippen LogP contribution in [0.15, 0.2) is 30.3 Å². The van der Waals surface area contributed by atoms with E-state index in [-0.39, 0.29) is 18.0 Å². The number of esters is 1. The van der Waals surface area contributed by atoms with Gasteiger partial charge in [-0.25, -0.2) is 4.79 Å². The molecule has 1 aliphatic rings. The predicted octanol–water partition coefficient (Wildman–Crippen LogP) is 3.38. The van der Waals surface area contributed by atoms with Crippen molar-refractivity contribution in [1.82, 2.24) is 4.90 Å². The summed E-state index contributed by atoms with van der Waals surface area (Å²) < 4.78 is 10.6. The van der Waals surface area contributed by atoms with E-state index >= 15 is 0 Å². The largest absolute Gasteiger partial charge is 0.461 e. The third-order valence-corrected chi connectivity index (χ3v) is 3.64. The molecule has 23 heavy (non-hydrogen) atoms. The van der Waals surface area contributed by atoms with Gasteiger partial charge in [0.1, 0.15) is 12.2 Å². The fraction of sp³-hybridized carbons (Fsp3) is 0.556. The quantitative estimate of drug-likeness (QED) is 0.798. The van der Waals surface area contributed by atoms with Gasteiger partial charge in [-0.1, -0.05) is 30.3 Å². The second-order valence-electron chi connectivity index (χ2n) is 6.93. The fourth-order valence-electron chi connectivity index (χ4n) is 2.52. The van der Waals surface area contributed by atoms with Gasteiger partial charge in [0.25, 0.3) is 0 Å². The Hall–Kier alpha value is -2.04. The molecule has 1 aliphatic heterocycles. The molecule has 1 amide bonds. The predicted molar refractivity (Wildman–Crippen MR) is 86.8 cm³/mol.